The molecule has 164 valence electrons. The number of amides is 1. The SMILES string of the molecule is CCOC(=O)OC(C)OC(=O)c1cccc2c1OB(O)[C@@H](NC(=O)CC(C)(F)F)C2. The molecular formula is C18H22BF2NO8. The molecule has 0 radical (unpaired) electrons. The molecule has 1 heterocycles. The van der Waals surface area contributed by atoms with Crippen LogP contribution in [0.15, 0.2) is 18.2 Å². The van der Waals surface area contributed by atoms with Gasteiger partial charge in [0.1, 0.15) is 11.3 Å². The van der Waals surface area contributed by atoms with Gasteiger partial charge in [0.05, 0.1) is 19.0 Å². The normalized spacial score (nSPS) is 16.6. The smallest absolute Gasteiger partial charge is 0.534 e. The first-order valence-corrected chi connectivity index (χ1v) is 9.18. The van der Waals surface area contributed by atoms with Crippen molar-refractivity contribution in [1.82, 2.24) is 5.32 Å². The predicted octanol–water partition coefficient (Wildman–Crippen LogP) is 1.85. The number of ether oxygens (including phenoxy) is 3. The van der Waals surface area contributed by atoms with Gasteiger partial charge in [-0.25, -0.2) is 18.4 Å². The number of hydrogen-bond donors (Lipinski definition) is 2. The highest BCUT2D eigenvalue weighted by molar-refractivity contribution is 6.47. The number of nitrogens with one attached hydrogen (secondary N) is 1. The average molecular weight is 429 g/mol. The van der Waals surface area contributed by atoms with E-state index in [2.05, 4.69) is 10.1 Å². The quantitative estimate of drug-likeness (QED) is 0.383. The van der Waals surface area contributed by atoms with Crippen LogP contribution < -0.4 is 9.97 Å². The summed E-state index contributed by atoms with van der Waals surface area (Å²) >= 11 is 0. The van der Waals surface area contributed by atoms with Gasteiger partial charge in [-0.1, -0.05) is 12.1 Å². The van der Waals surface area contributed by atoms with Crippen LogP contribution in [0.4, 0.5) is 13.6 Å². The van der Waals surface area contributed by atoms with Crippen molar-refractivity contribution in [2.45, 2.75) is 51.8 Å². The maximum absolute atomic E-state index is 13.0. The fourth-order valence-corrected chi connectivity index (χ4v) is 2.77. The van der Waals surface area contributed by atoms with Gasteiger partial charge in [-0.05, 0) is 31.9 Å². The van der Waals surface area contributed by atoms with Crippen molar-refractivity contribution in [1.29, 1.82) is 0 Å². The number of carbonyl (C=O) groups is 3. The summed E-state index contributed by atoms with van der Waals surface area (Å²) in [6.07, 6.45) is -3.25. The van der Waals surface area contributed by atoms with Gasteiger partial charge in [-0.2, -0.15) is 0 Å². The van der Waals surface area contributed by atoms with E-state index < -0.39 is 49.7 Å². The fourth-order valence-electron chi connectivity index (χ4n) is 2.77. The molecule has 1 aliphatic rings. The first-order chi connectivity index (χ1) is 14.0. The molecule has 0 aromatic heterocycles. The second-order valence-corrected chi connectivity index (χ2v) is 6.70. The highest BCUT2D eigenvalue weighted by atomic mass is 19.3. The molecule has 2 atom stereocenters. The second kappa shape index (κ2) is 9.74. The largest absolute Gasteiger partial charge is 0.547 e. The monoisotopic (exact) mass is 429 g/mol. The van der Waals surface area contributed by atoms with Gasteiger partial charge in [-0.3, -0.25) is 4.79 Å². The van der Waals surface area contributed by atoms with Crippen molar-refractivity contribution in [3.63, 3.8) is 0 Å². The summed E-state index contributed by atoms with van der Waals surface area (Å²) in [5, 5.41) is 12.5. The maximum atomic E-state index is 13.0. The molecule has 1 amide bonds. The fraction of sp³-hybridized carbons (Fsp3) is 0.500. The van der Waals surface area contributed by atoms with Crippen molar-refractivity contribution in [2.24, 2.45) is 0 Å². The van der Waals surface area contributed by atoms with Gasteiger partial charge in [0.15, 0.2) is 0 Å². The molecule has 1 aromatic carbocycles. The molecule has 2 N–H and O–H groups in total. The lowest BCUT2D eigenvalue weighted by Gasteiger charge is -2.29. The van der Waals surface area contributed by atoms with E-state index in [1.54, 1.807) is 13.0 Å². The van der Waals surface area contributed by atoms with Crippen LogP contribution in [0.2, 0.25) is 0 Å². The number of rotatable bonds is 7. The van der Waals surface area contributed by atoms with Crippen molar-refractivity contribution in [3.05, 3.63) is 29.3 Å². The van der Waals surface area contributed by atoms with Crippen LogP contribution in [0.1, 0.15) is 43.1 Å². The Morgan fingerprint density at radius 2 is 2.07 bits per heavy atom. The molecule has 0 bridgehead atoms. The molecule has 0 saturated heterocycles. The highest BCUT2D eigenvalue weighted by Gasteiger charge is 2.39. The molecule has 9 nitrogen and oxygen atoms in total. The predicted molar refractivity (Wildman–Crippen MR) is 98.9 cm³/mol. The summed E-state index contributed by atoms with van der Waals surface area (Å²) in [7, 11) is -1.57. The molecule has 1 aromatic rings. The summed E-state index contributed by atoms with van der Waals surface area (Å²) in [4.78, 5) is 35.4. The molecule has 0 fully saturated rings. The van der Waals surface area contributed by atoms with Crippen LogP contribution >= 0.6 is 0 Å². The number of halogens is 2. The van der Waals surface area contributed by atoms with Crippen LogP contribution in [-0.2, 0) is 25.4 Å². The van der Waals surface area contributed by atoms with E-state index in [0.717, 1.165) is 0 Å². The second-order valence-electron chi connectivity index (χ2n) is 6.70. The number of hydrogen-bond acceptors (Lipinski definition) is 8. The minimum absolute atomic E-state index is 0.0182. The number of carbonyl (C=O) groups excluding carboxylic acids is 3. The minimum atomic E-state index is -3.19. The first-order valence-electron chi connectivity index (χ1n) is 9.18. The van der Waals surface area contributed by atoms with Crippen molar-refractivity contribution in [2.75, 3.05) is 6.61 Å². The van der Waals surface area contributed by atoms with Crippen LogP contribution in [0, 0.1) is 0 Å². The molecule has 2 rings (SSSR count). The standard InChI is InChI=1S/C18H22BF2NO8/c1-4-27-17(25)29-10(2)28-16(24)12-7-5-6-11-8-13(19(26)30-15(11)12)22-14(23)9-18(3,20)21/h5-7,10,13,26H,4,8-9H2,1-3H3,(H,22,23)/t10?,13-/m0/s1. The first kappa shape index (κ1) is 23.4. The van der Waals surface area contributed by atoms with Gasteiger partial charge in [-0.15, -0.1) is 0 Å². The summed E-state index contributed by atoms with van der Waals surface area (Å²) in [6.45, 7) is 3.60. The summed E-state index contributed by atoms with van der Waals surface area (Å²) in [5.74, 6) is -5.99. The molecule has 30 heavy (non-hydrogen) atoms. The van der Waals surface area contributed by atoms with Crippen molar-refractivity contribution >= 4 is 25.2 Å². The maximum Gasteiger partial charge on any atom is 0.547 e. The van der Waals surface area contributed by atoms with Crippen molar-refractivity contribution in [3.8, 4) is 5.75 Å². The Morgan fingerprint density at radius 1 is 1.37 bits per heavy atom. The van der Waals surface area contributed by atoms with E-state index in [9.17, 15) is 28.2 Å². The lowest BCUT2D eigenvalue weighted by atomic mass is 9.72. The van der Waals surface area contributed by atoms with E-state index in [1.807, 2.05) is 0 Å². The number of fused-ring (bicyclic) bond motifs is 1. The van der Waals surface area contributed by atoms with Crippen LogP contribution in [0.25, 0.3) is 0 Å². The molecular weight excluding hydrogens is 407 g/mol. The van der Waals surface area contributed by atoms with Gasteiger partial charge < -0.3 is 29.2 Å². The van der Waals surface area contributed by atoms with Gasteiger partial charge >= 0.3 is 19.2 Å². The Labute approximate surface area is 171 Å². The Balaban J connectivity index is 2.07. The van der Waals surface area contributed by atoms with Gasteiger partial charge in [0, 0.05) is 6.92 Å². The molecule has 0 aliphatic carbocycles. The molecule has 1 aliphatic heterocycles. The average Bonchev–Trinajstić information content (AvgIpc) is 2.60. The molecule has 12 heteroatoms. The summed E-state index contributed by atoms with van der Waals surface area (Å²) in [6, 6.07) is 4.48. The Morgan fingerprint density at radius 3 is 2.70 bits per heavy atom. The zero-order chi connectivity index (χ0) is 22.5. The molecule has 0 saturated carbocycles. The van der Waals surface area contributed by atoms with Crippen LogP contribution in [0.3, 0.4) is 0 Å². The minimum Gasteiger partial charge on any atom is -0.534 e. The van der Waals surface area contributed by atoms with Gasteiger partial charge in [0.25, 0.3) is 5.92 Å². The van der Waals surface area contributed by atoms with E-state index in [0.29, 0.717) is 12.5 Å². The lowest BCUT2D eigenvalue weighted by Crippen LogP contribution is -2.53. The van der Waals surface area contributed by atoms with Crippen molar-refractivity contribution < 1.29 is 47.1 Å². The van der Waals surface area contributed by atoms with Crippen LogP contribution in [-0.4, -0.2) is 54.9 Å². The summed E-state index contributed by atoms with van der Waals surface area (Å²) in [5.41, 5.74) is 0.401. The number of esters is 1. The van der Waals surface area contributed by atoms with Crippen LogP contribution in [0.5, 0.6) is 5.75 Å². The Bertz CT molecular complexity index is 801. The lowest BCUT2D eigenvalue weighted by molar-refractivity contribution is -0.127. The third kappa shape index (κ3) is 6.58. The third-order valence-corrected chi connectivity index (χ3v) is 3.95. The van der Waals surface area contributed by atoms with E-state index in [4.69, 9.17) is 14.1 Å². The number of alkyl halides is 2. The zero-order valence-electron chi connectivity index (χ0n) is 16.6. The zero-order valence-corrected chi connectivity index (χ0v) is 16.6. The topological polar surface area (TPSA) is 120 Å². The van der Waals surface area contributed by atoms with E-state index in [1.165, 1.54) is 19.1 Å². The Hall–Kier alpha value is -2.89. The summed E-state index contributed by atoms with van der Waals surface area (Å²) < 4.78 is 45.7. The number of para-hydroxylation sites is 1. The van der Waals surface area contributed by atoms with Gasteiger partial charge in [0.2, 0.25) is 12.2 Å². The molecule has 0 spiro atoms. The molecule has 1 unspecified atom stereocenters. The highest BCUT2D eigenvalue weighted by Crippen LogP contribution is 2.31. The van der Waals surface area contributed by atoms with E-state index >= 15 is 0 Å². The Kier molecular flexibility index (Phi) is 7.60. The third-order valence-electron chi connectivity index (χ3n) is 3.95. The van der Waals surface area contributed by atoms with E-state index in [-0.39, 0.29) is 24.3 Å². The number of benzene rings is 1.